The van der Waals surface area contributed by atoms with Crippen LogP contribution < -0.4 is 24.4 Å². The van der Waals surface area contributed by atoms with Gasteiger partial charge >= 0.3 is 22.4 Å². The van der Waals surface area contributed by atoms with Crippen LogP contribution in [0.5, 0.6) is 17.2 Å². The fourth-order valence-corrected chi connectivity index (χ4v) is 5.02. The Morgan fingerprint density at radius 3 is 1.17 bits per heavy atom. The number of ether oxygens (including phenoxy) is 2. The molecule has 6 heteroatoms. The Labute approximate surface area is 265 Å². The van der Waals surface area contributed by atoms with Gasteiger partial charge in [0.15, 0.2) is 6.67 Å². The molecule has 0 aromatic heterocycles. The van der Waals surface area contributed by atoms with E-state index in [1.54, 1.807) is 6.07 Å². The molecule has 3 aromatic rings. The van der Waals surface area contributed by atoms with Crippen molar-refractivity contribution in [1.82, 2.24) is 0 Å². The van der Waals surface area contributed by atoms with Crippen LogP contribution in [0.3, 0.4) is 0 Å². The minimum atomic E-state index is -0.110. The van der Waals surface area contributed by atoms with Gasteiger partial charge in [-0.25, -0.2) is 0 Å². The van der Waals surface area contributed by atoms with Crippen molar-refractivity contribution in [2.75, 3.05) is 24.0 Å². The third-order valence-electron chi connectivity index (χ3n) is 7.16. The fourth-order valence-electron chi connectivity index (χ4n) is 5.02. The van der Waals surface area contributed by atoms with Gasteiger partial charge in [-0.1, -0.05) is 91.8 Å². The zero-order valence-corrected chi connectivity index (χ0v) is 28.3. The molecule has 227 valence electrons. The monoisotopic (exact) mass is 741 g/mol. The smallest absolute Gasteiger partial charge is 0.872 e. The molecular weight excluding hydrogens is 693 g/mol. The number of hydrogen-bond acceptors (Lipinski definition) is 5. The Kier molecular flexibility index (Phi) is 12.9. The number of methoxy groups -OCH3 is 2. The van der Waals surface area contributed by atoms with E-state index in [-0.39, 0.29) is 29.6 Å². The van der Waals surface area contributed by atoms with Crippen LogP contribution in [0.4, 0.5) is 11.4 Å². The Balaban J connectivity index is 0.000000575. The van der Waals surface area contributed by atoms with E-state index < -0.39 is 0 Å². The van der Waals surface area contributed by atoms with Gasteiger partial charge in [-0.15, -0.1) is 5.75 Å². The van der Waals surface area contributed by atoms with Crippen LogP contribution in [0.2, 0.25) is 0 Å². The predicted molar refractivity (Wildman–Crippen MR) is 169 cm³/mol. The molecule has 3 aromatic carbocycles. The van der Waals surface area contributed by atoms with Crippen molar-refractivity contribution in [1.29, 1.82) is 0 Å². The van der Waals surface area contributed by atoms with E-state index in [0.717, 1.165) is 0 Å². The molecule has 0 bridgehead atoms. The largest absolute Gasteiger partial charge is 1.00 e. The van der Waals surface area contributed by atoms with Crippen LogP contribution in [-0.2, 0) is 22.4 Å². The molecule has 1 aliphatic rings. The first-order chi connectivity index (χ1) is 19.0. The van der Waals surface area contributed by atoms with Gasteiger partial charge in [-0.3, -0.25) is 0 Å². The number of anilines is 2. The van der Waals surface area contributed by atoms with Crippen molar-refractivity contribution in [3.05, 3.63) is 95.9 Å². The maximum atomic E-state index is 10.9. The molecule has 1 heterocycles. The maximum Gasteiger partial charge on any atom is 1.00 e. The second-order valence-electron chi connectivity index (χ2n) is 11.5. The number of hydrogen-bond donors (Lipinski definition) is 0. The summed E-state index contributed by atoms with van der Waals surface area (Å²) >= 11 is 0. The summed E-state index contributed by atoms with van der Waals surface area (Å²) in [4.78, 5) is 4.65. The first kappa shape index (κ1) is 34.3. The quantitative estimate of drug-likeness (QED) is 0.216. The molecule has 0 aliphatic carbocycles. The van der Waals surface area contributed by atoms with Crippen molar-refractivity contribution in [2.45, 2.75) is 79.1 Å². The van der Waals surface area contributed by atoms with Gasteiger partial charge in [-0.2, -0.15) is 0 Å². The van der Waals surface area contributed by atoms with Crippen molar-refractivity contribution in [2.24, 2.45) is 0 Å². The molecule has 0 saturated heterocycles. The average Bonchev–Trinajstić information content (AvgIpc) is 3.41. The van der Waals surface area contributed by atoms with Crippen molar-refractivity contribution in [3.8, 4) is 17.2 Å². The van der Waals surface area contributed by atoms with Gasteiger partial charge in [0.1, 0.15) is 11.5 Å². The Morgan fingerprint density at radius 1 is 0.585 bits per heavy atom. The fraction of sp³-hybridized carbons (Fsp3) is 0.400. The van der Waals surface area contributed by atoms with Crippen LogP contribution in [0.1, 0.15) is 103 Å². The molecule has 0 fully saturated rings. The predicted octanol–water partition coefficient (Wildman–Crippen LogP) is 9.12. The first-order valence-corrected chi connectivity index (χ1v) is 14.2. The van der Waals surface area contributed by atoms with E-state index in [1.165, 1.54) is 60.0 Å². The number of nitrogens with zero attached hydrogens (tertiary/aromatic N) is 2. The molecular formula is C35H48AuN2O3. The zero-order chi connectivity index (χ0) is 29.6. The molecule has 0 amide bonds. The van der Waals surface area contributed by atoms with Gasteiger partial charge in [0.25, 0.3) is 0 Å². The van der Waals surface area contributed by atoms with Gasteiger partial charge < -0.3 is 24.4 Å². The minimum absolute atomic E-state index is 0. The van der Waals surface area contributed by atoms with E-state index in [9.17, 15) is 5.11 Å². The SMILES string of the molecule is CC(C)c1cccc(C(C)C)c1N1[CH]N(c2c(C(C)C)cccc2C(C)C)C=C1.COc1cc([O-])cc(OC)c1.[Au+].[HH]. The molecule has 0 saturated carbocycles. The standard InChI is InChI=1S/C27H37N2.C8H10O3.Au.H2/c1-18(2)22-11-9-12-23(19(3)4)26(22)28-15-16-29(17-28)27-24(20(5)6)13-10-14-25(27)21(7)8;1-10-7-3-6(9)4-8(5-7)11-2;;/h9-21H,1-8H3;3-5,9H,1-2H3;;1H/q;;+1;/p-1. The molecule has 1 aliphatic heterocycles. The van der Waals surface area contributed by atoms with Gasteiger partial charge in [0.05, 0.1) is 14.2 Å². The first-order valence-electron chi connectivity index (χ1n) is 14.2. The van der Waals surface area contributed by atoms with Gasteiger partial charge in [-0.05, 0) is 58.1 Å². The van der Waals surface area contributed by atoms with Crippen molar-refractivity contribution in [3.63, 3.8) is 0 Å². The van der Waals surface area contributed by atoms with Gasteiger partial charge in [0, 0.05) is 31.3 Å². The van der Waals surface area contributed by atoms with Crippen LogP contribution in [-0.4, -0.2) is 14.2 Å². The van der Waals surface area contributed by atoms with E-state index >= 15 is 0 Å². The summed E-state index contributed by atoms with van der Waals surface area (Å²) in [6.45, 7) is 20.5. The van der Waals surface area contributed by atoms with Crippen LogP contribution >= 0.6 is 0 Å². The van der Waals surface area contributed by atoms with E-state index in [1.807, 2.05) is 0 Å². The third kappa shape index (κ3) is 8.34. The molecule has 0 spiro atoms. The minimum Gasteiger partial charge on any atom is -0.872 e. The Morgan fingerprint density at radius 2 is 0.902 bits per heavy atom. The maximum absolute atomic E-state index is 10.9. The summed E-state index contributed by atoms with van der Waals surface area (Å²) < 4.78 is 9.72. The molecule has 1 radical (unpaired) electrons. The van der Waals surface area contributed by atoms with Crippen LogP contribution in [0.15, 0.2) is 67.0 Å². The Bertz CT molecular complexity index is 1160. The summed E-state index contributed by atoms with van der Waals surface area (Å²) in [5.41, 5.74) is 8.29. The summed E-state index contributed by atoms with van der Waals surface area (Å²) in [7, 11) is 3.02. The summed E-state index contributed by atoms with van der Waals surface area (Å²) in [5, 5.41) is 10.9. The molecule has 4 rings (SSSR count). The second-order valence-corrected chi connectivity index (χ2v) is 11.5. The van der Waals surface area contributed by atoms with E-state index in [0.29, 0.717) is 35.2 Å². The van der Waals surface area contributed by atoms with E-state index in [4.69, 9.17) is 9.47 Å². The topological polar surface area (TPSA) is 48.0 Å². The Hall–Kier alpha value is -2.86. The molecule has 0 N–H and O–H groups in total. The van der Waals surface area contributed by atoms with Crippen LogP contribution in [0.25, 0.3) is 0 Å². The molecule has 0 atom stereocenters. The van der Waals surface area contributed by atoms with Crippen LogP contribution in [0, 0.1) is 6.67 Å². The zero-order valence-electron chi connectivity index (χ0n) is 26.2. The van der Waals surface area contributed by atoms with Gasteiger partial charge in [0.2, 0.25) is 0 Å². The number of benzene rings is 3. The summed E-state index contributed by atoms with van der Waals surface area (Å²) in [6, 6.07) is 18.0. The molecule has 5 nitrogen and oxygen atoms in total. The third-order valence-corrected chi connectivity index (χ3v) is 7.16. The molecule has 41 heavy (non-hydrogen) atoms. The summed E-state index contributed by atoms with van der Waals surface area (Å²) in [6.07, 6.45) is 4.43. The van der Waals surface area contributed by atoms with Crippen molar-refractivity contribution >= 4 is 11.4 Å². The second kappa shape index (κ2) is 15.4. The summed E-state index contributed by atoms with van der Waals surface area (Å²) in [5.74, 6) is 2.86. The molecule has 0 unspecified atom stereocenters. The normalized spacial score (nSPS) is 12.6. The van der Waals surface area contributed by atoms with E-state index in [2.05, 4.69) is 121 Å². The number of para-hydroxylation sites is 2. The average molecular weight is 742 g/mol. The number of rotatable bonds is 8. The van der Waals surface area contributed by atoms with Crippen molar-refractivity contribution < 1.29 is 38.4 Å².